The van der Waals surface area contributed by atoms with Gasteiger partial charge in [-0.3, -0.25) is 4.98 Å². The molecule has 0 bridgehead atoms. The maximum atomic E-state index is 13.2. The second kappa shape index (κ2) is 3.83. The fourth-order valence-corrected chi connectivity index (χ4v) is 1.06. The Balaban J connectivity index is 2.24. The van der Waals surface area contributed by atoms with Gasteiger partial charge in [-0.15, -0.1) is 0 Å². The molecular weight excluding hydrogens is 181 g/mol. The van der Waals surface area contributed by atoms with Crippen LogP contribution in [0.4, 0.5) is 15.9 Å². The van der Waals surface area contributed by atoms with E-state index in [-0.39, 0.29) is 5.82 Å². The summed E-state index contributed by atoms with van der Waals surface area (Å²) >= 11 is 0. The van der Waals surface area contributed by atoms with Crippen LogP contribution in [0.3, 0.4) is 0 Å². The van der Waals surface area contributed by atoms with Crippen LogP contribution in [0.25, 0.3) is 0 Å². The van der Waals surface area contributed by atoms with Gasteiger partial charge in [-0.25, -0.2) is 9.37 Å². The number of benzene rings is 1. The molecule has 2 rings (SSSR count). The average Bonchev–Trinajstić information content (AvgIpc) is 2.23. The van der Waals surface area contributed by atoms with E-state index in [9.17, 15) is 4.39 Å². The van der Waals surface area contributed by atoms with Gasteiger partial charge in [0.2, 0.25) is 0 Å². The third-order valence-electron chi connectivity index (χ3n) is 1.70. The standard InChI is InChI=1S/C10H8FN3/c11-8-3-1-2-4-9(8)14-10-7-12-5-6-13-10/h1-7H,(H,13,14). The molecule has 2 aromatic rings. The van der Waals surface area contributed by atoms with Crippen molar-refractivity contribution in [2.24, 2.45) is 0 Å². The molecule has 0 aliphatic rings. The molecular formula is C10H8FN3. The summed E-state index contributed by atoms with van der Waals surface area (Å²) in [5.41, 5.74) is 0.396. The second-order valence-electron chi connectivity index (χ2n) is 2.70. The molecule has 3 nitrogen and oxygen atoms in total. The minimum Gasteiger partial charge on any atom is -0.337 e. The lowest BCUT2D eigenvalue weighted by Crippen LogP contribution is -1.95. The molecule has 1 aromatic carbocycles. The third kappa shape index (κ3) is 1.85. The van der Waals surface area contributed by atoms with E-state index < -0.39 is 0 Å². The zero-order valence-electron chi connectivity index (χ0n) is 7.31. The fourth-order valence-electron chi connectivity index (χ4n) is 1.06. The molecule has 4 heteroatoms. The van der Waals surface area contributed by atoms with Gasteiger partial charge in [-0.05, 0) is 12.1 Å². The summed E-state index contributed by atoms with van der Waals surface area (Å²) in [6, 6.07) is 6.42. The van der Waals surface area contributed by atoms with Gasteiger partial charge in [0.25, 0.3) is 0 Å². The number of nitrogens with one attached hydrogen (secondary N) is 1. The lowest BCUT2D eigenvalue weighted by Gasteiger charge is -2.04. The first kappa shape index (κ1) is 8.62. The Morgan fingerprint density at radius 2 is 2.00 bits per heavy atom. The highest BCUT2D eigenvalue weighted by atomic mass is 19.1. The molecule has 1 aromatic heterocycles. The van der Waals surface area contributed by atoms with E-state index >= 15 is 0 Å². The van der Waals surface area contributed by atoms with E-state index in [2.05, 4.69) is 15.3 Å². The van der Waals surface area contributed by atoms with Gasteiger partial charge in [0.05, 0.1) is 11.9 Å². The highest BCUT2D eigenvalue weighted by molar-refractivity contribution is 5.55. The van der Waals surface area contributed by atoms with Crippen LogP contribution in [0, 0.1) is 5.82 Å². The summed E-state index contributed by atoms with van der Waals surface area (Å²) < 4.78 is 13.2. The molecule has 1 heterocycles. The molecule has 0 saturated heterocycles. The lowest BCUT2D eigenvalue weighted by atomic mass is 10.3. The fraction of sp³-hybridized carbons (Fsp3) is 0. The topological polar surface area (TPSA) is 37.8 Å². The highest BCUT2D eigenvalue weighted by Crippen LogP contribution is 2.16. The summed E-state index contributed by atoms with van der Waals surface area (Å²) in [5, 5.41) is 2.82. The Bertz CT molecular complexity index is 417. The largest absolute Gasteiger partial charge is 0.337 e. The first-order valence-corrected chi connectivity index (χ1v) is 4.14. The van der Waals surface area contributed by atoms with Crippen LogP contribution in [0.1, 0.15) is 0 Å². The SMILES string of the molecule is Fc1ccccc1Nc1cnccn1. The van der Waals surface area contributed by atoms with Crippen LogP contribution >= 0.6 is 0 Å². The number of aromatic nitrogens is 2. The van der Waals surface area contributed by atoms with Gasteiger partial charge in [-0.1, -0.05) is 12.1 Å². The number of hydrogen-bond acceptors (Lipinski definition) is 3. The maximum absolute atomic E-state index is 13.2. The van der Waals surface area contributed by atoms with Crippen molar-refractivity contribution in [1.82, 2.24) is 9.97 Å². The van der Waals surface area contributed by atoms with Gasteiger partial charge in [-0.2, -0.15) is 0 Å². The summed E-state index contributed by atoms with van der Waals surface area (Å²) in [6.07, 6.45) is 4.64. The highest BCUT2D eigenvalue weighted by Gasteiger charge is 2.00. The predicted octanol–water partition coefficient (Wildman–Crippen LogP) is 2.36. The molecule has 0 unspecified atom stereocenters. The third-order valence-corrected chi connectivity index (χ3v) is 1.70. The molecule has 0 radical (unpaired) electrons. The van der Waals surface area contributed by atoms with E-state index in [1.807, 2.05) is 0 Å². The zero-order chi connectivity index (χ0) is 9.80. The Kier molecular flexibility index (Phi) is 2.36. The number of nitrogens with zero attached hydrogens (tertiary/aromatic N) is 2. The Morgan fingerprint density at radius 1 is 1.14 bits per heavy atom. The molecule has 14 heavy (non-hydrogen) atoms. The van der Waals surface area contributed by atoms with Gasteiger partial charge in [0, 0.05) is 12.4 Å². The number of halogens is 1. The van der Waals surface area contributed by atoms with Crippen LogP contribution in [-0.2, 0) is 0 Å². The van der Waals surface area contributed by atoms with Crippen LogP contribution in [-0.4, -0.2) is 9.97 Å². The van der Waals surface area contributed by atoms with E-state index in [1.54, 1.807) is 30.6 Å². The van der Waals surface area contributed by atoms with Crippen LogP contribution < -0.4 is 5.32 Å². The van der Waals surface area contributed by atoms with Crippen molar-refractivity contribution in [3.05, 3.63) is 48.7 Å². The van der Waals surface area contributed by atoms with Gasteiger partial charge in [0.1, 0.15) is 11.6 Å². The van der Waals surface area contributed by atoms with Crippen LogP contribution in [0.5, 0.6) is 0 Å². The number of anilines is 2. The normalized spacial score (nSPS) is 9.79. The van der Waals surface area contributed by atoms with Crippen molar-refractivity contribution < 1.29 is 4.39 Å². The van der Waals surface area contributed by atoms with Gasteiger partial charge >= 0.3 is 0 Å². The van der Waals surface area contributed by atoms with E-state index in [0.29, 0.717) is 11.5 Å². The molecule has 0 saturated carbocycles. The zero-order valence-corrected chi connectivity index (χ0v) is 7.31. The molecule has 0 fully saturated rings. The Morgan fingerprint density at radius 3 is 2.71 bits per heavy atom. The van der Waals surface area contributed by atoms with Crippen molar-refractivity contribution in [1.29, 1.82) is 0 Å². The quantitative estimate of drug-likeness (QED) is 0.788. The summed E-state index contributed by atoms with van der Waals surface area (Å²) in [7, 11) is 0. The molecule has 1 N–H and O–H groups in total. The lowest BCUT2D eigenvalue weighted by molar-refractivity contribution is 0.632. The average molecular weight is 189 g/mol. The van der Waals surface area contributed by atoms with Crippen molar-refractivity contribution in [2.45, 2.75) is 0 Å². The first-order chi connectivity index (χ1) is 6.86. The summed E-state index contributed by atoms with van der Waals surface area (Å²) in [6.45, 7) is 0. The van der Waals surface area contributed by atoms with Gasteiger partial charge in [0.15, 0.2) is 0 Å². The smallest absolute Gasteiger partial charge is 0.148 e. The Labute approximate surface area is 80.6 Å². The molecule has 0 atom stereocenters. The molecule has 70 valence electrons. The van der Waals surface area contributed by atoms with Crippen molar-refractivity contribution >= 4 is 11.5 Å². The first-order valence-electron chi connectivity index (χ1n) is 4.14. The monoisotopic (exact) mass is 189 g/mol. The number of rotatable bonds is 2. The van der Waals surface area contributed by atoms with E-state index in [0.717, 1.165) is 0 Å². The maximum Gasteiger partial charge on any atom is 0.148 e. The van der Waals surface area contributed by atoms with Crippen molar-refractivity contribution in [2.75, 3.05) is 5.32 Å². The number of para-hydroxylation sites is 1. The summed E-state index contributed by atoms with van der Waals surface area (Å²) in [4.78, 5) is 7.84. The predicted molar refractivity (Wildman–Crippen MR) is 51.7 cm³/mol. The molecule has 0 spiro atoms. The molecule has 0 aliphatic carbocycles. The Hall–Kier alpha value is -1.97. The van der Waals surface area contributed by atoms with E-state index in [1.165, 1.54) is 12.3 Å². The minimum absolute atomic E-state index is 0.307. The molecule has 0 amide bonds. The second-order valence-corrected chi connectivity index (χ2v) is 2.70. The van der Waals surface area contributed by atoms with E-state index in [4.69, 9.17) is 0 Å². The molecule has 0 aliphatic heterocycles. The van der Waals surface area contributed by atoms with Crippen molar-refractivity contribution in [3.63, 3.8) is 0 Å². The minimum atomic E-state index is -0.307. The van der Waals surface area contributed by atoms with Crippen LogP contribution in [0.2, 0.25) is 0 Å². The van der Waals surface area contributed by atoms with Gasteiger partial charge < -0.3 is 5.32 Å². The van der Waals surface area contributed by atoms with Crippen molar-refractivity contribution in [3.8, 4) is 0 Å². The van der Waals surface area contributed by atoms with Crippen LogP contribution in [0.15, 0.2) is 42.9 Å². The summed E-state index contributed by atoms with van der Waals surface area (Å²) in [5.74, 6) is 0.218. The number of hydrogen-bond donors (Lipinski definition) is 1.